The fourth-order valence-corrected chi connectivity index (χ4v) is 3.11. The van der Waals surface area contributed by atoms with Crippen molar-refractivity contribution < 1.29 is 14.8 Å². The molecule has 4 N–H and O–H groups in total. The number of nitrogens with zero attached hydrogens (tertiary/aromatic N) is 5. The van der Waals surface area contributed by atoms with Crippen LogP contribution in [0.2, 0.25) is 5.02 Å². The molecule has 13 heteroatoms. The molecule has 12 nitrogen and oxygen atoms in total. The van der Waals surface area contributed by atoms with Gasteiger partial charge in [0.05, 0.1) is 18.2 Å². The molecule has 0 fully saturated rings. The van der Waals surface area contributed by atoms with Gasteiger partial charge in [-0.2, -0.15) is 20.1 Å². The number of halogens is 1. The Hall–Kier alpha value is -4.97. The van der Waals surface area contributed by atoms with E-state index in [0.29, 0.717) is 27.7 Å². The lowest BCUT2D eigenvalue weighted by Gasteiger charge is -2.10. The van der Waals surface area contributed by atoms with E-state index in [1.165, 1.54) is 36.5 Å². The minimum Gasteiger partial charge on any atom is -0.507 e. The maximum atomic E-state index is 10.9. The van der Waals surface area contributed by atoms with Gasteiger partial charge in [-0.1, -0.05) is 11.6 Å². The summed E-state index contributed by atoms with van der Waals surface area (Å²) < 4.78 is 5.17. The molecule has 182 valence electrons. The average molecular weight is 507 g/mol. The van der Waals surface area contributed by atoms with Crippen LogP contribution in [0.5, 0.6) is 11.5 Å². The Morgan fingerprint density at radius 1 is 0.944 bits per heavy atom. The molecule has 3 aromatic carbocycles. The first-order chi connectivity index (χ1) is 17.4. The maximum absolute atomic E-state index is 10.9. The molecule has 0 amide bonds. The molecule has 0 atom stereocenters. The van der Waals surface area contributed by atoms with Crippen LogP contribution < -0.4 is 20.8 Å². The van der Waals surface area contributed by atoms with Crippen molar-refractivity contribution in [2.24, 2.45) is 5.10 Å². The SMILES string of the molecule is COc1ccc(Nc2nc(N/N=C/c3cc(Cl)ccc3O)nc(Nc3ccc([N+](=O)[O-])cc3)n2)cc1. The molecule has 1 heterocycles. The topological polar surface area (TPSA) is 160 Å². The lowest BCUT2D eigenvalue weighted by molar-refractivity contribution is -0.384. The van der Waals surface area contributed by atoms with E-state index in [2.05, 4.69) is 36.1 Å². The third-order valence-corrected chi connectivity index (χ3v) is 4.91. The molecule has 0 radical (unpaired) electrons. The van der Waals surface area contributed by atoms with Crippen LogP contribution >= 0.6 is 11.6 Å². The zero-order chi connectivity index (χ0) is 25.5. The third-order valence-electron chi connectivity index (χ3n) is 4.67. The third kappa shape index (κ3) is 6.33. The number of benzene rings is 3. The Kier molecular flexibility index (Phi) is 7.36. The largest absolute Gasteiger partial charge is 0.507 e. The van der Waals surface area contributed by atoms with Crippen molar-refractivity contribution in [3.05, 3.63) is 87.4 Å². The number of aromatic nitrogens is 3. The highest BCUT2D eigenvalue weighted by Gasteiger charge is 2.10. The van der Waals surface area contributed by atoms with Crippen LogP contribution in [-0.4, -0.2) is 38.3 Å². The molecule has 1 aromatic heterocycles. The number of hydrogen-bond donors (Lipinski definition) is 4. The first-order valence-corrected chi connectivity index (χ1v) is 10.7. The molecule has 0 aliphatic heterocycles. The smallest absolute Gasteiger partial charge is 0.269 e. The van der Waals surface area contributed by atoms with Crippen LogP contribution in [0.4, 0.5) is 34.9 Å². The molecule has 4 aromatic rings. The highest BCUT2D eigenvalue weighted by molar-refractivity contribution is 6.30. The van der Waals surface area contributed by atoms with Gasteiger partial charge in [-0.05, 0) is 54.6 Å². The van der Waals surface area contributed by atoms with Crippen molar-refractivity contribution in [2.45, 2.75) is 0 Å². The normalized spacial score (nSPS) is 10.7. The highest BCUT2D eigenvalue weighted by atomic mass is 35.5. The second-order valence-electron chi connectivity index (χ2n) is 7.16. The van der Waals surface area contributed by atoms with Crippen molar-refractivity contribution in [3.8, 4) is 11.5 Å². The number of nitro benzene ring substituents is 1. The van der Waals surface area contributed by atoms with Crippen LogP contribution in [0.3, 0.4) is 0 Å². The second-order valence-corrected chi connectivity index (χ2v) is 7.60. The van der Waals surface area contributed by atoms with Gasteiger partial charge in [0.15, 0.2) is 0 Å². The van der Waals surface area contributed by atoms with Crippen molar-refractivity contribution in [1.82, 2.24) is 15.0 Å². The van der Waals surface area contributed by atoms with Gasteiger partial charge < -0.3 is 20.5 Å². The van der Waals surface area contributed by atoms with Crippen molar-refractivity contribution in [1.29, 1.82) is 0 Å². The number of anilines is 5. The van der Waals surface area contributed by atoms with Crippen molar-refractivity contribution >= 4 is 52.7 Å². The number of ether oxygens (including phenoxy) is 1. The summed E-state index contributed by atoms with van der Waals surface area (Å²) in [7, 11) is 1.58. The number of aromatic hydroxyl groups is 1. The lowest BCUT2D eigenvalue weighted by atomic mass is 10.2. The Balaban J connectivity index is 1.59. The predicted molar refractivity (Wildman–Crippen MR) is 137 cm³/mol. The van der Waals surface area contributed by atoms with Gasteiger partial charge in [0, 0.05) is 34.1 Å². The zero-order valence-corrected chi connectivity index (χ0v) is 19.5. The number of phenols is 1. The van der Waals surface area contributed by atoms with E-state index in [1.807, 2.05) is 0 Å². The van der Waals surface area contributed by atoms with E-state index >= 15 is 0 Å². The van der Waals surface area contributed by atoms with Crippen molar-refractivity contribution in [3.63, 3.8) is 0 Å². The molecule has 0 saturated heterocycles. The summed E-state index contributed by atoms with van der Waals surface area (Å²) >= 11 is 5.97. The molecule has 36 heavy (non-hydrogen) atoms. The molecular weight excluding hydrogens is 488 g/mol. The number of nitro groups is 1. The number of nitrogens with one attached hydrogen (secondary N) is 3. The Morgan fingerprint density at radius 2 is 1.53 bits per heavy atom. The summed E-state index contributed by atoms with van der Waals surface area (Å²) in [6.45, 7) is 0. The first-order valence-electron chi connectivity index (χ1n) is 10.4. The highest BCUT2D eigenvalue weighted by Crippen LogP contribution is 2.23. The summed E-state index contributed by atoms with van der Waals surface area (Å²) in [5.74, 6) is 1.13. The first kappa shape index (κ1) is 24.2. The van der Waals surface area contributed by atoms with E-state index in [9.17, 15) is 15.2 Å². The van der Waals surface area contributed by atoms with E-state index in [4.69, 9.17) is 16.3 Å². The standard InChI is InChI=1S/C23H19ClN8O4/c1-36-19-9-5-17(6-10-19)27-22-28-21(26-16-3-7-18(8-4-16)32(34)35)29-23(30-22)31-25-13-14-12-15(24)2-11-20(14)33/h2-13,33H,1H3,(H3,26,27,28,29,30,31)/b25-13+. The Bertz CT molecular complexity index is 1400. The minimum atomic E-state index is -0.485. The molecule has 0 aliphatic rings. The van der Waals surface area contributed by atoms with Gasteiger partial charge in [-0.3, -0.25) is 10.1 Å². The average Bonchev–Trinajstić information content (AvgIpc) is 2.87. The number of phenolic OH excluding ortho intramolecular Hbond substituents is 1. The van der Waals surface area contributed by atoms with Gasteiger partial charge in [0.25, 0.3) is 5.69 Å². The van der Waals surface area contributed by atoms with Gasteiger partial charge in [-0.15, -0.1) is 0 Å². The summed E-state index contributed by atoms with van der Waals surface area (Å²) in [6, 6.07) is 17.5. The molecule has 4 rings (SSSR count). The quantitative estimate of drug-likeness (QED) is 0.137. The molecular formula is C23H19ClN8O4. The molecule has 0 bridgehead atoms. The second kappa shape index (κ2) is 11.0. The Labute approximate surface area is 209 Å². The number of rotatable bonds is 9. The van der Waals surface area contributed by atoms with Gasteiger partial charge in [0.1, 0.15) is 11.5 Å². The number of hydrazone groups is 1. The zero-order valence-electron chi connectivity index (χ0n) is 18.7. The van der Waals surface area contributed by atoms with E-state index < -0.39 is 4.92 Å². The molecule has 0 saturated carbocycles. The van der Waals surface area contributed by atoms with Gasteiger partial charge in [0.2, 0.25) is 17.8 Å². The summed E-state index contributed by atoms with van der Waals surface area (Å²) in [5, 5.41) is 31.4. The maximum Gasteiger partial charge on any atom is 0.269 e. The lowest BCUT2D eigenvalue weighted by Crippen LogP contribution is -2.07. The van der Waals surface area contributed by atoms with Gasteiger partial charge >= 0.3 is 0 Å². The fraction of sp³-hybridized carbons (Fsp3) is 0.0435. The minimum absolute atomic E-state index is 0.00276. The molecule has 0 spiro atoms. The Morgan fingerprint density at radius 3 is 2.11 bits per heavy atom. The fourth-order valence-electron chi connectivity index (χ4n) is 2.93. The van der Waals surface area contributed by atoms with E-state index in [0.717, 1.165) is 0 Å². The van der Waals surface area contributed by atoms with Crippen LogP contribution in [0.1, 0.15) is 5.56 Å². The van der Waals surface area contributed by atoms with E-state index in [-0.39, 0.29) is 29.3 Å². The van der Waals surface area contributed by atoms with Crippen LogP contribution in [-0.2, 0) is 0 Å². The predicted octanol–water partition coefficient (Wildman–Crippen LogP) is 5.08. The molecule has 0 aliphatic carbocycles. The number of methoxy groups -OCH3 is 1. The van der Waals surface area contributed by atoms with Crippen LogP contribution in [0.25, 0.3) is 0 Å². The summed E-state index contributed by atoms with van der Waals surface area (Å²) in [5.41, 5.74) is 4.27. The van der Waals surface area contributed by atoms with Crippen LogP contribution in [0.15, 0.2) is 71.8 Å². The van der Waals surface area contributed by atoms with Crippen LogP contribution in [0, 0.1) is 10.1 Å². The number of hydrogen-bond acceptors (Lipinski definition) is 11. The van der Waals surface area contributed by atoms with E-state index in [1.54, 1.807) is 43.5 Å². The summed E-state index contributed by atoms with van der Waals surface area (Å²) in [6.07, 6.45) is 1.37. The monoisotopic (exact) mass is 506 g/mol. The van der Waals surface area contributed by atoms with Gasteiger partial charge in [-0.25, -0.2) is 5.43 Å². The number of non-ortho nitro benzene ring substituents is 1. The molecule has 0 unspecified atom stereocenters. The van der Waals surface area contributed by atoms with Crippen molar-refractivity contribution in [2.75, 3.05) is 23.2 Å². The summed E-state index contributed by atoms with van der Waals surface area (Å²) in [4.78, 5) is 23.4.